The second kappa shape index (κ2) is 6.05. The zero-order valence-electron chi connectivity index (χ0n) is 10.3. The first-order valence-corrected chi connectivity index (χ1v) is 7.22. The molecule has 2 aromatic rings. The summed E-state index contributed by atoms with van der Waals surface area (Å²) < 4.78 is 12.4. The van der Waals surface area contributed by atoms with E-state index in [0.29, 0.717) is 0 Å². The van der Waals surface area contributed by atoms with Gasteiger partial charge in [-0.25, -0.2) is 0 Å². The molecule has 0 saturated heterocycles. The van der Waals surface area contributed by atoms with Crippen LogP contribution in [0, 0.1) is 0 Å². The van der Waals surface area contributed by atoms with Gasteiger partial charge in [0.2, 0.25) is 0 Å². The van der Waals surface area contributed by atoms with Gasteiger partial charge in [0.05, 0.1) is 0 Å². The predicted molar refractivity (Wildman–Crippen MR) is 76.5 cm³/mol. The fourth-order valence-electron chi connectivity index (χ4n) is 1.93. The Morgan fingerprint density at radius 2 is 1.28 bits per heavy atom. The second-order valence-corrected chi connectivity index (χ2v) is 6.11. The minimum atomic E-state index is -1.13. The summed E-state index contributed by atoms with van der Waals surface area (Å²) in [6.07, 6.45) is 0. The molecule has 2 unspecified atom stereocenters. The Morgan fingerprint density at radius 3 is 1.61 bits per heavy atom. The van der Waals surface area contributed by atoms with Crippen LogP contribution in [0.1, 0.15) is 23.3 Å². The molecule has 0 aliphatic rings. The third-order valence-electron chi connectivity index (χ3n) is 2.80. The minimum absolute atomic E-state index is 0.160. The topological polar surface area (TPSA) is 49.1 Å². The van der Waals surface area contributed by atoms with Gasteiger partial charge in [0.15, 0.2) is 10.6 Å². The van der Waals surface area contributed by atoms with Crippen molar-refractivity contribution in [3.05, 3.63) is 71.8 Å². The van der Waals surface area contributed by atoms with Crippen LogP contribution in [0.3, 0.4) is 0 Å². The summed E-state index contributed by atoms with van der Waals surface area (Å²) in [7, 11) is 0. The highest BCUT2D eigenvalue weighted by molar-refractivity contribution is 7.92. The van der Waals surface area contributed by atoms with Gasteiger partial charge in [0.1, 0.15) is 0 Å². The summed E-state index contributed by atoms with van der Waals surface area (Å²) in [4.78, 5) is 0. The zero-order valence-corrected chi connectivity index (χ0v) is 11.1. The molecular weight excluding hydrogens is 242 g/mol. The van der Waals surface area contributed by atoms with Crippen molar-refractivity contribution in [3.8, 4) is 0 Å². The van der Waals surface area contributed by atoms with E-state index in [9.17, 15) is 4.55 Å². The molecule has 0 saturated carbocycles. The molecule has 0 fully saturated rings. The lowest BCUT2D eigenvalue weighted by Gasteiger charge is -2.25. The Morgan fingerprint density at radius 1 is 0.889 bits per heavy atom. The Balaban J connectivity index is 2.42. The molecule has 0 bridgehead atoms. The Labute approximate surface area is 111 Å². The SMILES string of the molecule is CC(N)[S+]([O-])C(c1ccccc1)c1ccccc1. The Bertz CT molecular complexity index is 433. The van der Waals surface area contributed by atoms with E-state index < -0.39 is 11.2 Å². The average Bonchev–Trinajstić information content (AvgIpc) is 2.41. The molecule has 2 atom stereocenters. The van der Waals surface area contributed by atoms with Gasteiger partial charge in [-0.15, -0.1) is 0 Å². The van der Waals surface area contributed by atoms with Gasteiger partial charge in [-0.2, -0.15) is 0 Å². The molecule has 0 heterocycles. The number of nitrogens with two attached hydrogens (primary N) is 1. The molecule has 0 amide bonds. The molecule has 0 aliphatic heterocycles. The van der Waals surface area contributed by atoms with E-state index in [1.807, 2.05) is 60.7 Å². The molecule has 0 radical (unpaired) electrons. The maximum Gasteiger partial charge on any atom is 0.167 e. The lowest BCUT2D eigenvalue weighted by atomic mass is 10.0. The minimum Gasteiger partial charge on any atom is -0.614 e. The quantitative estimate of drug-likeness (QED) is 0.858. The third kappa shape index (κ3) is 2.93. The van der Waals surface area contributed by atoms with E-state index in [2.05, 4.69) is 0 Å². The fraction of sp³-hybridized carbons (Fsp3) is 0.200. The largest absolute Gasteiger partial charge is 0.614 e. The van der Waals surface area contributed by atoms with E-state index in [1.54, 1.807) is 6.92 Å². The lowest BCUT2D eigenvalue weighted by Crippen LogP contribution is -2.32. The summed E-state index contributed by atoms with van der Waals surface area (Å²) >= 11 is -1.13. The normalized spacial score (nSPS) is 14.4. The summed E-state index contributed by atoms with van der Waals surface area (Å²) in [5.74, 6) is 0. The number of rotatable bonds is 4. The summed E-state index contributed by atoms with van der Waals surface area (Å²) in [5, 5.41) is -0.511. The van der Waals surface area contributed by atoms with Crippen molar-refractivity contribution in [2.75, 3.05) is 0 Å². The van der Waals surface area contributed by atoms with Crippen molar-refractivity contribution in [2.45, 2.75) is 17.5 Å². The second-order valence-electron chi connectivity index (χ2n) is 4.24. The highest BCUT2D eigenvalue weighted by Gasteiger charge is 2.29. The van der Waals surface area contributed by atoms with Crippen LogP contribution in [0.15, 0.2) is 60.7 Å². The van der Waals surface area contributed by atoms with Crippen LogP contribution in [0.4, 0.5) is 0 Å². The summed E-state index contributed by atoms with van der Waals surface area (Å²) in [5.41, 5.74) is 7.89. The molecule has 0 aromatic heterocycles. The van der Waals surface area contributed by atoms with Crippen LogP contribution < -0.4 is 5.73 Å². The van der Waals surface area contributed by atoms with Crippen molar-refractivity contribution >= 4 is 11.2 Å². The number of hydrogen-bond acceptors (Lipinski definition) is 2. The Hall–Kier alpha value is -1.29. The molecule has 0 spiro atoms. The van der Waals surface area contributed by atoms with Gasteiger partial charge < -0.3 is 4.55 Å². The van der Waals surface area contributed by atoms with Crippen LogP contribution in [-0.4, -0.2) is 9.93 Å². The van der Waals surface area contributed by atoms with Crippen molar-refractivity contribution in [1.29, 1.82) is 0 Å². The number of hydrogen-bond donors (Lipinski definition) is 1. The molecule has 2 aromatic carbocycles. The van der Waals surface area contributed by atoms with E-state index in [-0.39, 0.29) is 10.6 Å². The monoisotopic (exact) mass is 259 g/mol. The van der Waals surface area contributed by atoms with Gasteiger partial charge >= 0.3 is 0 Å². The van der Waals surface area contributed by atoms with Gasteiger partial charge in [-0.3, -0.25) is 5.73 Å². The predicted octanol–water partition coefficient (Wildman–Crippen LogP) is 2.83. The van der Waals surface area contributed by atoms with E-state index in [0.717, 1.165) is 11.1 Å². The first-order valence-electron chi connectivity index (χ1n) is 5.95. The zero-order chi connectivity index (χ0) is 13.0. The molecular formula is C15H17NOS. The van der Waals surface area contributed by atoms with Crippen molar-refractivity contribution in [2.24, 2.45) is 5.73 Å². The van der Waals surface area contributed by atoms with Crippen molar-refractivity contribution in [3.63, 3.8) is 0 Å². The summed E-state index contributed by atoms with van der Waals surface area (Å²) in [6, 6.07) is 19.8. The van der Waals surface area contributed by atoms with Crippen LogP contribution in [0.2, 0.25) is 0 Å². The summed E-state index contributed by atoms with van der Waals surface area (Å²) in [6.45, 7) is 1.79. The van der Waals surface area contributed by atoms with Crippen LogP contribution >= 0.6 is 0 Å². The molecule has 2 rings (SSSR count). The van der Waals surface area contributed by atoms with Crippen molar-refractivity contribution in [1.82, 2.24) is 0 Å². The van der Waals surface area contributed by atoms with Crippen molar-refractivity contribution < 1.29 is 4.55 Å². The van der Waals surface area contributed by atoms with E-state index in [1.165, 1.54) is 0 Å². The molecule has 3 heteroatoms. The highest BCUT2D eigenvalue weighted by atomic mass is 32.2. The lowest BCUT2D eigenvalue weighted by molar-refractivity contribution is 0.577. The molecule has 2 N–H and O–H groups in total. The fourth-order valence-corrected chi connectivity index (χ4v) is 3.21. The van der Waals surface area contributed by atoms with E-state index in [4.69, 9.17) is 5.73 Å². The van der Waals surface area contributed by atoms with Gasteiger partial charge in [-0.05, 0) is 18.1 Å². The molecule has 2 nitrogen and oxygen atoms in total. The molecule has 94 valence electrons. The Kier molecular flexibility index (Phi) is 4.42. The van der Waals surface area contributed by atoms with Crippen LogP contribution in [0.25, 0.3) is 0 Å². The van der Waals surface area contributed by atoms with Crippen LogP contribution in [0.5, 0.6) is 0 Å². The van der Waals surface area contributed by atoms with Gasteiger partial charge in [0, 0.05) is 11.1 Å². The standard InChI is InChI=1S/C15H17NOS/c1-12(16)18(17)15(13-8-4-2-5-9-13)14-10-6-3-7-11-14/h2-12,15H,16H2,1H3. The first kappa shape index (κ1) is 13.1. The van der Waals surface area contributed by atoms with Gasteiger partial charge in [-0.1, -0.05) is 60.7 Å². The smallest absolute Gasteiger partial charge is 0.167 e. The maximum absolute atomic E-state index is 12.4. The van der Waals surface area contributed by atoms with Gasteiger partial charge in [0.25, 0.3) is 0 Å². The third-order valence-corrected chi connectivity index (χ3v) is 4.55. The van der Waals surface area contributed by atoms with Crippen LogP contribution in [-0.2, 0) is 11.2 Å². The highest BCUT2D eigenvalue weighted by Crippen LogP contribution is 2.31. The maximum atomic E-state index is 12.4. The molecule has 18 heavy (non-hydrogen) atoms. The van der Waals surface area contributed by atoms with E-state index >= 15 is 0 Å². The number of benzene rings is 2. The first-order chi connectivity index (χ1) is 8.70. The molecule has 0 aliphatic carbocycles. The average molecular weight is 259 g/mol.